The van der Waals surface area contributed by atoms with Crippen LogP contribution in [0, 0.1) is 13.8 Å². The predicted molar refractivity (Wildman–Crippen MR) is 71.1 cm³/mol. The van der Waals surface area contributed by atoms with E-state index in [4.69, 9.17) is 0 Å². The maximum atomic E-state index is 11.6. The van der Waals surface area contributed by atoms with E-state index < -0.39 is 0 Å². The maximum Gasteiger partial charge on any atom is 0.163 e. The van der Waals surface area contributed by atoms with Gasteiger partial charge in [-0.1, -0.05) is 6.92 Å². The van der Waals surface area contributed by atoms with Crippen molar-refractivity contribution >= 4 is 5.78 Å². The van der Waals surface area contributed by atoms with Crippen LogP contribution in [-0.2, 0) is 13.1 Å². The van der Waals surface area contributed by atoms with Gasteiger partial charge in [-0.2, -0.15) is 10.2 Å². The zero-order valence-corrected chi connectivity index (χ0v) is 11.8. The normalized spacial score (nSPS) is 10.9. The average Bonchev–Trinajstić information content (AvgIpc) is 2.86. The van der Waals surface area contributed by atoms with Gasteiger partial charge in [-0.15, -0.1) is 0 Å². The van der Waals surface area contributed by atoms with E-state index in [1.54, 1.807) is 13.3 Å². The van der Waals surface area contributed by atoms with E-state index >= 15 is 0 Å². The van der Waals surface area contributed by atoms with E-state index in [-0.39, 0.29) is 5.78 Å². The van der Waals surface area contributed by atoms with Gasteiger partial charge in [-0.25, -0.2) is 9.67 Å². The number of carbonyl (C=O) groups is 1. The second kappa shape index (κ2) is 5.34. The number of hydrogen-bond acceptors (Lipinski definition) is 4. The Balaban J connectivity index is 2.31. The largest absolute Gasteiger partial charge is 0.294 e. The van der Waals surface area contributed by atoms with Gasteiger partial charge in [0.05, 0.1) is 11.3 Å². The van der Waals surface area contributed by atoms with E-state index in [0.717, 1.165) is 30.2 Å². The summed E-state index contributed by atoms with van der Waals surface area (Å²) in [6.45, 7) is 8.83. The molecule has 0 aliphatic heterocycles. The van der Waals surface area contributed by atoms with Crippen LogP contribution >= 0.6 is 0 Å². The summed E-state index contributed by atoms with van der Waals surface area (Å²) in [5.74, 6) is 0.916. The van der Waals surface area contributed by atoms with Gasteiger partial charge in [0.2, 0.25) is 0 Å². The molecule has 0 aliphatic rings. The first-order valence-corrected chi connectivity index (χ1v) is 6.46. The van der Waals surface area contributed by atoms with Crippen molar-refractivity contribution < 1.29 is 4.79 Å². The molecule has 2 aromatic rings. The van der Waals surface area contributed by atoms with E-state index in [9.17, 15) is 4.79 Å². The molecule has 0 N–H and O–H groups in total. The first-order chi connectivity index (χ1) is 9.04. The van der Waals surface area contributed by atoms with Crippen molar-refractivity contribution in [3.05, 3.63) is 29.1 Å². The molecule has 0 bridgehead atoms. The highest BCUT2D eigenvalue weighted by atomic mass is 16.1. The first-order valence-electron chi connectivity index (χ1n) is 6.46. The molecule has 0 saturated carbocycles. The molecule has 2 aromatic heterocycles. The fraction of sp³-hybridized carbons (Fsp3) is 0.538. The molecule has 19 heavy (non-hydrogen) atoms. The molecular weight excluding hydrogens is 242 g/mol. The van der Waals surface area contributed by atoms with Crippen molar-refractivity contribution in [2.45, 2.75) is 47.2 Å². The van der Waals surface area contributed by atoms with Crippen LogP contribution in [0.1, 0.15) is 47.8 Å². The molecule has 0 atom stereocenters. The van der Waals surface area contributed by atoms with Crippen LogP contribution in [0.15, 0.2) is 6.33 Å². The Hall–Kier alpha value is -1.98. The number of ketones is 1. The third-order valence-corrected chi connectivity index (χ3v) is 3.16. The number of nitrogens with zero attached hydrogens (tertiary/aromatic N) is 5. The minimum Gasteiger partial charge on any atom is -0.294 e. The quantitative estimate of drug-likeness (QED) is 0.769. The number of aryl methyl sites for hydroxylation is 2. The standard InChI is InChI=1S/C13H19N5O/c1-5-6-17-12(14-8-15-17)7-18-10(3)13(11(4)19)9(2)16-18/h8H,5-7H2,1-4H3. The molecule has 0 spiro atoms. The summed E-state index contributed by atoms with van der Waals surface area (Å²) >= 11 is 0. The average molecular weight is 261 g/mol. The lowest BCUT2D eigenvalue weighted by atomic mass is 10.1. The van der Waals surface area contributed by atoms with Crippen molar-refractivity contribution in [2.24, 2.45) is 0 Å². The molecule has 2 rings (SSSR count). The Kier molecular flexibility index (Phi) is 3.78. The Morgan fingerprint density at radius 3 is 2.63 bits per heavy atom. The third-order valence-electron chi connectivity index (χ3n) is 3.16. The number of rotatable bonds is 5. The molecule has 0 unspecified atom stereocenters. The van der Waals surface area contributed by atoms with Gasteiger partial charge >= 0.3 is 0 Å². The van der Waals surface area contributed by atoms with Crippen molar-refractivity contribution in [2.75, 3.05) is 0 Å². The molecule has 2 heterocycles. The second-order valence-electron chi connectivity index (χ2n) is 4.66. The Bertz CT molecular complexity index is 596. The monoisotopic (exact) mass is 261 g/mol. The third kappa shape index (κ3) is 2.57. The molecule has 0 amide bonds. The van der Waals surface area contributed by atoms with Crippen LogP contribution < -0.4 is 0 Å². The Labute approximate surface area is 112 Å². The summed E-state index contributed by atoms with van der Waals surface area (Å²) in [4.78, 5) is 15.8. The highest BCUT2D eigenvalue weighted by Gasteiger charge is 2.16. The molecule has 6 nitrogen and oxygen atoms in total. The van der Waals surface area contributed by atoms with Crippen molar-refractivity contribution in [1.82, 2.24) is 24.5 Å². The number of carbonyl (C=O) groups excluding carboxylic acids is 1. The number of aromatic nitrogens is 5. The van der Waals surface area contributed by atoms with Gasteiger partial charge in [0.1, 0.15) is 18.7 Å². The maximum absolute atomic E-state index is 11.6. The molecule has 0 saturated heterocycles. The van der Waals surface area contributed by atoms with E-state index in [1.165, 1.54) is 0 Å². The van der Waals surface area contributed by atoms with Gasteiger partial charge in [-0.05, 0) is 27.2 Å². The highest BCUT2D eigenvalue weighted by molar-refractivity contribution is 5.96. The summed E-state index contributed by atoms with van der Waals surface area (Å²) in [7, 11) is 0. The fourth-order valence-corrected chi connectivity index (χ4v) is 2.30. The molecule has 0 radical (unpaired) electrons. The summed E-state index contributed by atoms with van der Waals surface area (Å²) in [5, 5.41) is 8.62. The minimum absolute atomic E-state index is 0.0521. The van der Waals surface area contributed by atoms with Crippen LogP contribution in [0.5, 0.6) is 0 Å². The second-order valence-corrected chi connectivity index (χ2v) is 4.66. The van der Waals surface area contributed by atoms with Gasteiger partial charge in [0.25, 0.3) is 0 Å². The molecule has 0 fully saturated rings. The molecule has 0 aromatic carbocycles. The fourth-order valence-electron chi connectivity index (χ4n) is 2.30. The van der Waals surface area contributed by atoms with Crippen LogP contribution in [0.4, 0.5) is 0 Å². The lowest BCUT2D eigenvalue weighted by Gasteiger charge is -2.06. The molecule has 0 aliphatic carbocycles. The molecular formula is C13H19N5O. The number of hydrogen-bond donors (Lipinski definition) is 0. The zero-order chi connectivity index (χ0) is 14.0. The summed E-state index contributed by atoms with van der Waals surface area (Å²) in [6.07, 6.45) is 2.56. The molecule has 6 heteroatoms. The highest BCUT2D eigenvalue weighted by Crippen LogP contribution is 2.14. The van der Waals surface area contributed by atoms with Gasteiger partial charge in [-0.3, -0.25) is 9.48 Å². The van der Waals surface area contributed by atoms with Crippen molar-refractivity contribution in [3.8, 4) is 0 Å². The predicted octanol–water partition coefficient (Wildman–Crippen LogP) is 1.75. The minimum atomic E-state index is 0.0521. The topological polar surface area (TPSA) is 65.6 Å². The van der Waals surface area contributed by atoms with Gasteiger partial charge in [0.15, 0.2) is 5.78 Å². The lowest BCUT2D eigenvalue weighted by Crippen LogP contribution is -2.12. The van der Waals surface area contributed by atoms with Crippen LogP contribution in [0.3, 0.4) is 0 Å². The van der Waals surface area contributed by atoms with Crippen molar-refractivity contribution in [3.63, 3.8) is 0 Å². The summed E-state index contributed by atoms with van der Waals surface area (Å²) in [5.41, 5.74) is 2.36. The van der Waals surface area contributed by atoms with Gasteiger partial charge < -0.3 is 0 Å². The summed E-state index contributed by atoms with van der Waals surface area (Å²) in [6, 6.07) is 0. The van der Waals surface area contributed by atoms with Gasteiger partial charge in [0, 0.05) is 12.2 Å². The first kappa shape index (κ1) is 13.5. The number of Topliss-reactive ketones (excluding diaryl/α,β-unsaturated/α-hetero) is 1. The van der Waals surface area contributed by atoms with Crippen LogP contribution in [0.2, 0.25) is 0 Å². The Morgan fingerprint density at radius 2 is 2.05 bits per heavy atom. The van der Waals surface area contributed by atoms with Crippen molar-refractivity contribution in [1.29, 1.82) is 0 Å². The Morgan fingerprint density at radius 1 is 1.32 bits per heavy atom. The van der Waals surface area contributed by atoms with Crippen LogP contribution in [0.25, 0.3) is 0 Å². The zero-order valence-electron chi connectivity index (χ0n) is 11.8. The van der Waals surface area contributed by atoms with Crippen LogP contribution in [-0.4, -0.2) is 30.3 Å². The van der Waals surface area contributed by atoms with E-state index in [2.05, 4.69) is 22.1 Å². The van der Waals surface area contributed by atoms with E-state index in [0.29, 0.717) is 12.1 Å². The van der Waals surface area contributed by atoms with E-state index in [1.807, 2.05) is 23.2 Å². The SMILES string of the molecule is CCCn1ncnc1Cn1nc(C)c(C(C)=O)c1C. The lowest BCUT2D eigenvalue weighted by molar-refractivity contribution is 0.101. The smallest absolute Gasteiger partial charge is 0.163 e. The summed E-state index contributed by atoms with van der Waals surface area (Å²) < 4.78 is 3.70. The molecule has 102 valence electrons.